The van der Waals surface area contributed by atoms with E-state index < -0.39 is 5.97 Å². The first-order valence-electron chi connectivity index (χ1n) is 5.91. The topological polar surface area (TPSA) is 96.3 Å². The lowest BCUT2D eigenvalue weighted by atomic mass is 10.5. The number of terminal acetylenes is 1. The number of aromatic carboxylic acids is 1. The SMILES string of the molecule is C#CCSCCNC(=O)NCCn1cnc(C(=O)O)c1. The van der Waals surface area contributed by atoms with Gasteiger partial charge in [0.05, 0.1) is 12.1 Å². The monoisotopic (exact) mass is 296 g/mol. The summed E-state index contributed by atoms with van der Waals surface area (Å²) in [6.45, 7) is 1.39. The van der Waals surface area contributed by atoms with Crippen LogP contribution in [-0.2, 0) is 6.54 Å². The molecule has 0 saturated heterocycles. The van der Waals surface area contributed by atoms with Crippen LogP contribution in [0.4, 0.5) is 4.79 Å². The Labute approximate surface area is 121 Å². The van der Waals surface area contributed by atoms with Crippen LogP contribution in [0.15, 0.2) is 12.5 Å². The number of carboxylic acid groups (broad SMARTS) is 1. The van der Waals surface area contributed by atoms with Gasteiger partial charge in [0.15, 0.2) is 5.69 Å². The molecule has 8 heteroatoms. The minimum atomic E-state index is -1.07. The molecule has 0 aromatic carbocycles. The second-order valence-electron chi connectivity index (χ2n) is 3.74. The molecule has 0 fully saturated rings. The van der Waals surface area contributed by atoms with E-state index in [1.807, 2.05) is 0 Å². The van der Waals surface area contributed by atoms with Crippen molar-refractivity contribution in [3.63, 3.8) is 0 Å². The Bertz CT molecular complexity index is 495. The lowest BCUT2D eigenvalue weighted by Gasteiger charge is -2.07. The molecule has 0 saturated carbocycles. The largest absolute Gasteiger partial charge is 0.476 e. The molecule has 1 heterocycles. The summed E-state index contributed by atoms with van der Waals surface area (Å²) in [6, 6.07) is -0.259. The molecule has 7 nitrogen and oxygen atoms in total. The molecule has 1 aromatic rings. The lowest BCUT2D eigenvalue weighted by molar-refractivity contribution is 0.0691. The number of amides is 2. The Kier molecular flexibility index (Phi) is 7.06. The molecule has 20 heavy (non-hydrogen) atoms. The summed E-state index contributed by atoms with van der Waals surface area (Å²) < 4.78 is 1.60. The van der Waals surface area contributed by atoms with Gasteiger partial charge in [-0.25, -0.2) is 14.6 Å². The summed E-state index contributed by atoms with van der Waals surface area (Å²) in [6.07, 6.45) is 7.93. The quantitative estimate of drug-likeness (QED) is 0.472. The predicted octanol–water partition coefficient (Wildman–Crippen LogP) is 0.247. The number of carbonyl (C=O) groups excluding carboxylic acids is 1. The summed E-state index contributed by atoms with van der Waals surface area (Å²) in [5, 5.41) is 14.1. The van der Waals surface area contributed by atoms with E-state index in [0.717, 1.165) is 5.75 Å². The van der Waals surface area contributed by atoms with Crippen LogP contribution in [0.1, 0.15) is 10.5 Å². The minimum Gasteiger partial charge on any atom is -0.476 e. The Balaban J connectivity index is 2.12. The van der Waals surface area contributed by atoms with Gasteiger partial charge in [-0.15, -0.1) is 18.2 Å². The van der Waals surface area contributed by atoms with Gasteiger partial charge in [0.2, 0.25) is 0 Å². The number of carbonyl (C=O) groups is 2. The highest BCUT2D eigenvalue weighted by atomic mass is 32.2. The van der Waals surface area contributed by atoms with E-state index in [1.165, 1.54) is 12.5 Å². The van der Waals surface area contributed by atoms with E-state index >= 15 is 0 Å². The molecule has 108 valence electrons. The van der Waals surface area contributed by atoms with Gasteiger partial charge in [-0.2, -0.15) is 0 Å². The van der Waals surface area contributed by atoms with Crippen molar-refractivity contribution in [2.45, 2.75) is 6.54 Å². The number of nitrogens with zero attached hydrogens (tertiary/aromatic N) is 2. The maximum absolute atomic E-state index is 11.4. The third-order valence-corrected chi connectivity index (χ3v) is 3.09. The van der Waals surface area contributed by atoms with Crippen molar-refractivity contribution in [1.29, 1.82) is 0 Å². The van der Waals surface area contributed by atoms with Crippen LogP contribution < -0.4 is 10.6 Å². The molecule has 0 aliphatic carbocycles. The van der Waals surface area contributed by atoms with E-state index in [9.17, 15) is 9.59 Å². The van der Waals surface area contributed by atoms with Gasteiger partial charge < -0.3 is 20.3 Å². The van der Waals surface area contributed by atoms with Crippen LogP contribution >= 0.6 is 11.8 Å². The Morgan fingerprint density at radius 2 is 2.20 bits per heavy atom. The fourth-order valence-electron chi connectivity index (χ4n) is 1.32. The van der Waals surface area contributed by atoms with Crippen LogP contribution in [0.5, 0.6) is 0 Å². The third-order valence-electron chi connectivity index (χ3n) is 2.23. The zero-order valence-electron chi connectivity index (χ0n) is 10.8. The van der Waals surface area contributed by atoms with Crippen molar-refractivity contribution in [2.24, 2.45) is 0 Å². The molecule has 2 amide bonds. The van der Waals surface area contributed by atoms with Crippen molar-refractivity contribution < 1.29 is 14.7 Å². The molecule has 0 aliphatic heterocycles. The Morgan fingerprint density at radius 1 is 1.45 bits per heavy atom. The van der Waals surface area contributed by atoms with E-state index in [4.69, 9.17) is 11.5 Å². The van der Waals surface area contributed by atoms with Crippen molar-refractivity contribution in [1.82, 2.24) is 20.2 Å². The molecule has 0 unspecified atom stereocenters. The molecule has 1 rings (SSSR count). The van der Waals surface area contributed by atoms with Gasteiger partial charge >= 0.3 is 12.0 Å². The highest BCUT2D eigenvalue weighted by molar-refractivity contribution is 7.99. The van der Waals surface area contributed by atoms with E-state index in [2.05, 4.69) is 21.5 Å². The van der Waals surface area contributed by atoms with Crippen LogP contribution in [0.2, 0.25) is 0 Å². The standard InChI is InChI=1S/C12H16N4O3S/c1-2-6-20-7-4-14-12(19)13-3-5-16-8-10(11(17)18)15-9-16/h1,8-9H,3-7H2,(H,17,18)(H2,13,14,19). The van der Waals surface area contributed by atoms with Crippen LogP contribution in [0, 0.1) is 12.3 Å². The van der Waals surface area contributed by atoms with Crippen molar-refractivity contribution in [2.75, 3.05) is 24.6 Å². The Morgan fingerprint density at radius 3 is 2.85 bits per heavy atom. The van der Waals surface area contributed by atoms with Crippen molar-refractivity contribution >= 4 is 23.8 Å². The molecule has 3 N–H and O–H groups in total. The molecular formula is C12H16N4O3S. The highest BCUT2D eigenvalue weighted by Crippen LogP contribution is 1.96. The second-order valence-corrected chi connectivity index (χ2v) is 4.85. The lowest BCUT2D eigenvalue weighted by Crippen LogP contribution is -2.38. The van der Waals surface area contributed by atoms with Crippen LogP contribution in [0.3, 0.4) is 0 Å². The predicted molar refractivity (Wildman–Crippen MR) is 76.7 cm³/mol. The van der Waals surface area contributed by atoms with Crippen molar-refractivity contribution in [3.8, 4) is 12.3 Å². The fourth-order valence-corrected chi connectivity index (χ4v) is 1.83. The number of urea groups is 1. The maximum Gasteiger partial charge on any atom is 0.356 e. The number of carboxylic acids is 1. The number of hydrogen-bond acceptors (Lipinski definition) is 4. The molecule has 0 radical (unpaired) electrons. The smallest absolute Gasteiger partial charge is 0.356 e. The van der Waals surface area contributed by atoms with Gasteiger partial charge in [-0.3, -0.25) is 0 Å². The van der Waals surface area contributed by atoms with Crippen LogP contribution in [0.25, 0.3) is 0 Å². The Hall–Kier alpha value is -2.14. The molecule has 0 bridgehead atoms. The maximum atomic E-state index is 11.4. The molecule has 0 atom stereocenters. The van der Waals surface area contributed by atoms with Gasteiger partial charge in [-0.1, -0.05) is 5.92 Å². The first-order valence-corrected chi connectivity index (χ1v) is 7.07. The van der Waals surface area contributed by atoms with E-state index in [1.54, 1.807) is 16.3 Å². The van der Waals surface area contributed by atoms with E-state index in [-0.39, 0.29) is 11.7 Å². The van der Waals surface area contributed by atoms with Crippen LogP contribution in [-0.4, -0.2) is 51.3 Å². The molecule has 1 aromatic heterocycles. The molecule has 0 spiro atoms. The van der Waals surface area contributed by atoms with Gasteiger partial charge in [0, 0.05) is 31.6 Å². The number of rotatable bonds is 8. The summed E-state index contributed by atoms with van der Waals surface area (Å²) >= 11 is 1.57. The van der Waals surface area contributed by atoms with Crippen molar-refractivity contribution in [3.05, 3.63) is 18.2 Å². The molecule has 0 aliphatic rings. The number of thioether (sulfide) groups is 1. The normalized spacial score (nSPS) is 9.75. The van der Waals surface area contributed by atoms with Gasteiger partial charge in [0.25, 0.3) is 0 Å². The van der Waals surface area contributed by atoms with Gasteiger partial charge in [-0.05, 0) is 0 Å². The number of nitrogens with one attached hydrogen (secondary N) is 2. The average Bonchev–Trinajstić information content (AvgIpc) is 2.87. The number of aromatic nitrogens is 2. The third kappa shape index (κ3) is 6.15. The van der Waals surface area contributed by atoms with E-state index in [0.29, 0.717) is 25.4 Å². The summed E-state index contributed by atoms with van der Waals surface area (Å²) in [5.74, 6) is 2.83. The first-order chi connectivity index (χ1) is 9.63. The number of imidazole rings is 1. The summed E-state index contributed by atoms with van der Waals surface area (Å²) in [5.41, 5.74) is -0.0139. The zero-order chi connectivity index (χ0) is 14.8. The summed E-state index contributed by atoms with van der Waals surface area (Å²) in [7, 11) is 0. The zero-order valence-corrected chi connectivity index (χ0v) is 11.7. The first kappa shape index (κ1) is 15.9. The average molecular weight is 296 g/mol. The second kappa shape index (κ2) is 8.87. The number of hydrogen-bond donors (Lipinski definition) is 3. The summed E-state index contributed by atoms with van der Waals surface area (Å²) in [4.78, 5) is 25.7. The molecular weight excluding hydrogens is 280 g/mol. The van der Waals surface area contributed by atoms with Gasteiger partial charge in [0.1, 0.15) is 0 Å². The fraction of sp³-hybridized carbons (Fsp3) is 0.417. The minimum absolute atomic E-state index is 0.0139. The highest BCUT2D eigenvalue weighted by Gasteiger charge is 2.06.